The number of ether oxygens (including phenoxy) is 1. The molecule has 0 radical (unpaired) electrons. The first kappa shape index (κ1) is 15.1. The lowest BCUT2D eigenvalue weighted by atomic mass is 10.2. The van der Waals surface area contributed by atoms with E-state index in [0.29, 0.717) is 11.1 Å². The number of benzene rings is 1. The number of hydrogen-bond acceptors (Lipinski definition) is 3. The van der Waals surface area contributed by atoms with Crippen molar-refractivity contribution in [2.45, 2.75) is 6.18 Å². The summed E-state index contributed by atoms with van der Waals surface area (Å²) in [6, 6.07) is 7.39. The smallest absolute Gasteiger partial charge is 0.433 e. The first-order chi connectivity index (χ1) is 9.77. The highest BCUT2D eigenvalue weighted by Crippen LogP contribution is 2.32. The Morgan fingerprint density at radius 2 is 1.76 bits per heavy atom. The number of nitrogens with two attached hydrogens (primary N) is 1. The molecule has 0 unspecified atom stereocenters. The largest absolute Gasteiger partial charge is 0.438 e. The highest BCUT2D eigenvalue weighted by atomic mass is 35.5. The van der Waals surface area contributed by atoms with Crippen molar-refractivity contribution >= 4 is 17.5 Å². The zero-order valence-electron chi connectivity index (χ0n) is 10.3. The number of nitrogens with zero attached hydrogens (tertiary/aromatic N) is 1. The molecule has 110 valence electrons. The second kappa shape index (κ2) is 5.61. The number of amides is 1. The number of hydrogen-bond donors (Lipinski definition) is 1. The van der Waals surface area contributed by atoms with Crippen LogP contribution >= 0.6 is 11.6 Å². The van der Waals surface area contributed by atoms with Crippen LogP contribution in [0.5, 0.6) is 11.6 Å². The summed E-state index contributed by atoms with van der Waals surface area (Å²) in [5.41, 5.74) is 3.65. The Morgan fingerprint density at radius 1 is 1.14 bits per heavy atom. The Bertz CT molecular complexity index is 672. The Kier molecular flexibility index (Phi) is 4.04. The lowest BCUT2D eigenvalue weighted by Gasteiger charge is -2.11. The summed E-state index contributed by atoms with van der Waals surface area (Å²) in [4.78, 5) is 14.5. The van der Waals surface area contributed by atoms with E-state index in [1.807, 2.05) is 0 Å². The van der Waals surface area contributed by atoms with E-state index in [1.165, 1.54) is 24.3 Å². The lowest BCUT2D eigenvalue weighted by Crippen LogP contribution is -2.16. The summed E-state index contributed by atoms with van der Waals surface area (Å²) in [5.74, 6) is -1.28. The number of primary amides is 1. The summed E-state index contributed by atoms with van der Waals surface area (Å²) in [7, 11) is 0. The molecule has 2 aromatic rings. The fourth-order valence-electron chi connectivity index (χ4n) is 1.48. The second-order valence-corrected chi connectivity index (χ2v) is 4.40. The van der Waals surface area contributed by atoms with E-state index in [1.54, 1.807) is 0 Å². The molecule has 0 atom stereocenters. The van der Waals surface area contributed by atoms with Gasteiger partial charge in [0.2, 0.25) is 5.88 Å². The van der Waals surface area contributed by atoms with Crippen molar-refractivity contribution in [3.05, 3.63) is 52.7 Å². The predicted molar refractivity (Wildman–Crippen MR) is 69.3 cm³/mol. The van der Waals surface area contributed by atoms with Crippen LogP contribution in [0.25, 0.3) is 0 Å². The maximum atomic E-state index is 12.6. The minimum Gasteiger partial charge on any atom is -0.438 e. The fourth-order valence-corrected chi connectivity index (χ4v) is 1.60. The van der Waals surface area contributed by atoms with Gasteiger partial charge in [-0.1, -0.05) is 11.6 Å². The molecule has 0 aliphatic heterocycles. The standard InChI is InChI=1S/C13H8ClF3N2O2/c14-7-1-3-8(4-2-7)21-12-9(11(18)20)5-6-10(19-12)13(15,16)17/h1-6H,(H2,18,20). The highest BCUT2D eigenvalue weighted by Gasteiger charge is 2.33. The second-order valence-electron chi connectivity index (χ2n) is 3.97. The van der Waals surface area contributed by atoms with Crippen LogP contribution in [-0.4, -0.2) is 10.9 Å². The third kappa shape index (κ3) is 3.63. The van der Waals surface area contributed by atoms with Crippen molar-refractivity contribution in [1.82, 2.24) is 4.98 Å². The molecule has 0 fully saturated rings. The monoisotopic (exact) mass is 316 g/mol. The number of carbonyl (C=O) groups is 1. The molecule has 0 aliphatic rings. The summed E-state index contributed by atoms with van der Waals surface area (Å²) >= 11 is 5.69. The van der Waals surface area contributed by atoms with E-state index >= 15 is 0 Å². The van der Waals surface area contributed by atoms with Crippen LogP contribution in [0.15, 0.2) is 36.4 Å². The first-order valence-corrected chi connectivity index (χ1v) is 5.96. The molecule has 1 aromatic carbocycles. The molecule has 2 rings (SSSR count). The van der Waals surface area contributed by atoms with Crippen molar-refractivity contribution < 1.29 is 22.7 Å². The lowest BCUT2D eigenvalue weighted by molar-refractivity contribution is -0.141. The number of halogens is 4. The predicted octanol–water partition coefficient (Wildman–Crippen LogP) is 3.65. The van der Waals surface area contributed by atoms with Gasteiger partial charge in [0.05, 0.1) is 0 Å². The molecular formula is C13H8ClF3N2O2. The Morgan fingerprint density at radius 3 is 2.29 bits per heavy atom. The Balaban J connectivity index is 2.43. The summed E-state index contributed by atoms with van der Waals surface area (Å²) in [5, 5.41) is 0.425. The van der Waals surface area contributed by atoms with E-state index in [4.69, 9.17) is 22.1 Å². The number of carbonyl (C=O) groups excluding carboxylic acids is 1. The van der Waals surface area contributed by atoms with Crippen LogP contribution < -0.4 is 10.5 Å². The molecule has 1 aromatic heterocycles. The molecule has 0 saturated heterocycles. The van der Waals surface area contributed by atoms with Gasteiger partial charge in [-0.15, -0.1) is 0 Å². The van der Waals surface area contributed by atoms with Crippen LogP contribution in [0.4, 0.5) is 13.2 Å². The van der Waals surface area contributed by atoms with Crippen LogP contribution in [0, 0.1) is 0 Å². The van der Waals surface area contributed by atoms with E-state index in [0.717, 1.165) is 6.07 Å². The molecule has 0 saturated carbocycles. The molecule has 0 spiro atoms. The zero-order chi connectivity index (χ0) is 15.6. The van der Waals surface area contributed by atoms with Gasteiger partial charge in [-0.3, -0.25) is 4.79 Å². The average Bonchev–Trinajstić information content (AvgIpc) is 2.40. The minimum absolute atomic E-state index is 0.175. The van der Waals surface area contributed by atoms with Crippen LogP contribution in [0.2, 0.25) is 5.02 Å². The van der Waals surface area contributed by atoms with Gasteiger partial charge in [0.25, 0.3) is 5.91 Å². The first-order valence-electron chi connectivity index (χ1n) is 5.59. The van der Waals surface area contributed by atoms with Crippen molar-refractivity contribution in [2.75, 3.05) is 0 Å². The molecule has 21 heavy (non-hydrogen) atoms. The van der Waals surface area contributed by atoms with Crippen molar-refractivity contribution in [1.29, 1.82) is 0 Å². The van der Waals surface area contributed by atoms with Crippen LogP contribution in [0.3, 0.4) is 0 Å². The maximum Gasteiger partial charge on any atom is 0.433 e. The van der Waals surface area contributed by atoms with Crippen LogP contribution in [-0.2, 0) is 6.18 Å². The zero-order valence-corrected chi connectivity index (χ0v) is 11.1. The molecular weight excluding hydrogens is 309 g/mol. The molecule has 1 amide bonds. The van der Waals surface area contributed by atoms with Gasteiger partial charge in [-0.05, 0) is 36.4 Å². The van der Waals surface area contributed by atoms with E-state index < -0.39 is 23.7 Å². The SMILES string of the molecule is NC(=O)c1ccc(C(F)(F)F)nc1Oc1ccc(Cl)cc1. The van der Waals surface area contributed by atoms with Crippen LogP contribution in [0.1, 0.15) is 16.1 Å². The topological polar surface area (TPSA) is 65.2 Å². The number of pyridine rings is 1. The third-order valence-corrected chi connectivity index (χ3v) is 2.70. The van der Waals surface area contributed by atoms with Gasteiger partial charge in [0.1, 0.15) is 17.0 Å². The summed E-state index contributed by atoms with van der Waals surface area (Å²) in [6.07, 6.45) is -4.66. The molecule has 4 nitrogen and oxygen atoms in total. The molecule has 0 aliphatic carbocycles. The number of rotatable bonds is 3. The third-order valence-electron chi connectivity index (χ3n) is 2.44. The van der Waals surface area contributed by atoms with Crippen molar-refractivity contribution in [2.24, 2.45) is 5.73 Å². The molecule has 1 heterocycles. The summed E-state index contributed by atoms with van der Waals surface area (Å²) in [6.45, 7) is 0. The van der Waals surface area contributed by atoms with Gasteiger partial charge in [-0.25, -0.2) is 4.98 Å². The summed E-state index contributed by atoms with van der Waals surface area (Å²) < 4.78 is 43.1. The van der Waals surface area contributed by atoms with Gasteiger partial charge < -0.3 is 10.5 Å². The Hall–Kier alpha value is -2.28. The maximum absolute atomic E-state index is 12.6. The minimum atomic E-state index is -4.66. The van der Waals surface area contributed by atoms with Gasteiger partial charge >= 0.3 is 6.18 Å². The van der Waals surface area contributed by atoms with Gasteiger partial charge in [0.15, 0.2) is 0 Å². The molecule has 2 N–H and O–H groups in total. The van der Waals surface area contributed by atoms with E-state index in [-0.39, 0.29) is 11.3 Å². The quantitative estimate of drug-likeness (QED) is 0.940. The average molecular weight is 317 g/mol. The van der Waals surface area contributed by atoms with Gasteiger partial charge in [0, 0.05) is 5.02 Å². The molecule has 0 bridgehead atoms. The van der Waals surface area contributed by atoms with Gasteiger partial charge in [-0.2, -0.15) is 13.2 Å². The molecule has 8 heteroatoms. The fraction of sp³-hybridized carbons (Fsp3) is 0.0769. The number of alkyl halides is 3. The van der Waals surface area contributed by atoms with Crippen molar-refractivity contribution in [3.63, 3.8) is 0 Å². The number of aromatic nitrogens is 1. The van der Waals surface area contributed by atoms with E-state index in [2.05, 4.69) is 4.98 Å². The van der Waals surface area contributed by atoms with E-state index in [9.17, 15) is 18.0 Å². The van der Waals surface area contributed by atoms with Crippen molar-refractivity contribution in [3.8, 4) is 11.6 Å². The normalized spacial score (nSPS) is 11.2. The Labute approximate surface area is 122 Å². The highest BCUT2D eigenvalue weighted by molar-refractivity contribution is 6.30.